The smallest absolute Gasteiger partial charge is 0.471 e. The number of carbonyl (C=O) groups excluding carboxylic acids is 2. The number of methoxy groups -OCH3 is 1. The maximum absolute atomic E-state index is 12.2. The highest BCUT2D eigenvalue weighted by molar-refractivity contribution is 5.96. The third-order valence-electron chi connectivity index (χ3n) is 2.75. The molecule has 0 saturated heterocycles. The Kier molecular flexibility index (Phi) is 6.21. The first-order valence-electron chi connectivity index (χ1n) is 6.64. The number of halogens is 3. The molecule has 22 heavy (non-hydrogen) atoms. The predicted octanol–water partition coefficient (Wildman–Crippen LogP) is 3.32. The first-order valence-corrected chi connectivity index (χ1v) is 6.64. The van der Waals surface area contributed by atoms with Gasteiger partial charge in [0.25, 0.3) is 0 Å². The lowest BCUT2D eigenvalue weighted by atomic mass is 10.2. The zero-order chi connectivity index (χ0) is 16.8. The van der Waals surface area contributed by atoms with Crippen molar-refractivity contribution >= 4 is 23.2 Å². The Hall–Kier alpha value is -2.25. The molecule has 0 aliphatic rings. The van der Waals surface area contributed by atoms with E-state index in [2.05, 4.69) is 5.32 Å². The van der Waals surface area contributed by atoms with Gasteiger partial charge in [-0.2, -0.15) is 13.2 Å². The van der Waals surface area contributed by atoms with Crippen molar-refractivity contribution in [2.24, 2.45) is 0 Å². The van der Waals surface area contributed by atoms with E-state index in [1.165, 1.54) is 25.3 Å². The van der Waals surface area contributed by atoms with Crippen LogP contribution in [-0.2, 0) is 9.59 Å². The van der Waals surface area contributed by atoms with Crippen LogP contribution in [0.2, 0.25) is 0 Å². The van der Waals surface area contributed by atoms with Gasteiger partial charge in [0.05, 0.1) is 12.8 Å². The molecule has 0 radical (unpaired) electrons. The molecule has 1 aromatic rings. The molecule has 0 atom stereocenters. The average Bonchev–Trinajstić information content (AvgIpc) is 2.45. The van der Waals surface area contributed by atoms with E-state index in [4.69, 9.17) is 4.74 Å². The van der Waals surface area contributed by atoms with E-state index < -0.39 is 12.1 Å². The molecule has 1 aromatic carbocycles. The van der Waals surface area contributed by atoms with Gasteiger partial charge in [0, 0.05) is 18.2 Å². The van der Waals surface area contributed by atoms with Crippen molar-refractivity contribution in [2.75, 3.05) is 17.7 Å². The number of amides is 2. The predicted molar refractivity (Wildman–Crippen MR) is 75.8 cm³/mol. The lowest BCUT2D eigenvalue weighted by molar-refractivity contribution is -0.167. The SMILES string of the molecule is CCCCC(=O)Nc1ccc(NC(=O)C(F)(F)F)cc1OC. The van der Waals surface area contributed by atoms with Crippen LogP contribution in [0.25, 0.3) is 0 Å². The van der Waals surface area contributed by atoms with E-state index in [9.17, 15) is 22.8 Å². The summed E-state index contributed by atoms with van der Waals surface area (Å²) >= 11 is 0. The third kappa shape index (κ3) is 5.27. The highest BCUT2D eigenvalue weighted by Crippen LogP contribution is 2.29. The summed E-state index contributed by atoms with van der Waals surface area (Å²) in [5.74, 6) is -2.13. The number of hydrogen-bond acceptors (Lipinski definition) is 3. The number of benzene rings is 1. The number of hydrogen-bond donors (Lipinski definition) is 2. The summed E-state index contributed by atoms with van der Waals surface area (Å²) in [6.45, 7) is 1.95. The van der Waals surface area contributed by atoms with Crippen LogP contribution in [0.5, 0.6) is 5.75 Å². The van der Waals surface area contributed by atoms with Crippen LogP contribution in [0.4, 0.5) is 24.5 Å². The van der Waals surface area contributed by atoms with Crippen molar-refractivity contribution in [2.45, 2.75) is 32.4 Å². The maximum atomic E-state index is 12.2. The molecular weight excluding hydrogens is 301 g/mol. The number of ether oxygens (including phenoxy) is 1. The molecule has 0 aliphatic carbocycles. The van der Waals surface area contributed by atoms with Gasteiger partial charge < -0.3 is 15.4 Å². The summed E-state index contributed by atoms with van der Waals surface area (Å²) in [5.41, 5.74) is 0.249. The Balaban J connectivity index is 2.83. The number of alkyl halides is 3. The van der Waals surface area contributed by atoms with Crippen LogP contribution in [-0.4, -0.2) is 25.1 Å². The molecule has 0 bridgehead atoms. The Morgan fingerprint density at radius 2 is 1.91 bits per heavy atom. The summed E-state index contributed by atoms with van der Waals surface area (Å²) in [7, 11) is 1.31. The second kappa shape index (κ2) is 7.67. The van der Waals surface area contributed by atoms with Crippen LogP contribution in [0, 0.1) is 0 Å². The van der Waals surface area contributed by atoms with Crippen LogP contribution in [0.1, 0.15) is 26.2 Å². The van der Waals surface area contributed by atoms with Crippen molar-refractivity contribution in [3.8, 4) is 5.75 Å². The van der Waals surface area contributed by atoms with E-state index in [1.54, 1.807) is 5.32 Å². The lowest BCUT2D eigenvalue weighted by Gasteiger charge is -2.13. The molecule has 2 amide bonds. The van der Waals surface area contributed by atoms with Crippen LogP contribution in [0.3, 0.4) is 0 Å². The van der Waals surface area contributed by atoms with Crippen molar-refractivity contribution in [1.29, 1.82) is 0 Å². The fourth-order valence-electron chi connectivity index (χ4n) is 1.62. The van der Waals surface area contributed by atoms with Gasteiger partial charge in [-0.3, -0.25) is 9.59 Å². The van der Waals surface area contributed by atoms with Gasteiger partial charge in [-0.05, 0) is 18.6 Å². The van der Waals surface area contributed by atoms with Gasteiger partial charge in [0.2, 0.25) is 5.91 Å². The van der Waals surface area contributed by atoms with Gasteiger partial charge in [0.15, 0.2) is 0 Å². The lowest BCUT2D eigenvalue weighted by Crippen LogP contribution is -2.29. The minimum atomic E-state index is -4.97. The summed E-state index contributed by atoms with van der Waals surface area (Å²) in [6, 6.07) is 3.83. The molecule has 0 fully saturated rings. The third-order valence-corrected chi connectivity index (χ3v) is 2.75. The Labute approximate surface area is 125 Å². The van der Waals surface area contributed by atoms with Crippen molar-refractivity contribution in [3.63, 3.8) is 0 Å². The fraction of sp³-hybridized carbons (Fsp3) is 0.429. The molecule has 5 nitrogen and oxygen atoms in total. The highest BCUT2D eigenvalue weighted by atomic mass is 19.4. The summed E-state index contributed by atoms with van der Waals surface area (Å²) in [4.78, 5) is 22.5. The molecule has 0 saturated carbocycles. The largest absolute Gasteiger partial charge is 0.494 e. The molecule has 0 unspecified atom stereocenters. The molecule has 0 aromatic heterocycles. The monoisotopic (exact) mass is 318 g/mol. The molecule has 2 N–H and O–H groups in total. The number of rotatable bonds is 6. The summed E-state index contributed by atoms with van der Waals surface area (Å²) in [5, 5.41) is 4.32. The quantitative estimate of drug-likeness (QED) is 0.845. The van der Waals surface area contributed by atoms with E-state index in [1.807, 2.05) is 6.92 Å². The highest BCUT2D eigenvalue weighted by Gasteiger charge is 2.38. The Bertz CT molecular complexity index is 545. The first-order chi connectivity index (χ1) is 10.3. The summed E-state index contributed by atoms with van der Waals surface area (Å²) < 4.78 is 41.6. The molecule has 0 heterocycles. The molecule has 8 heteroatoms. The van der Waals surface area contributed by atoms with Crippen LogP contribution < -0.4 is 15.4 Å². The fourth-order valence-corrected chi connectivity index (χ4v) is 1.62. The zero-order valence-corrected chi connectivity index (χ0v) is 12.2. The topological polar surface area (TPSA) is 67.4 Å². The maximum Gasteiger partial charge on any atom is 0.471 e. The van der Waals surface area contributed by atoms with Gasteiger partial charge in [-0.25, -0.2) is 0 Å². The van der Waals surface area contributed by atoms with Crippen molar-refractivity contribution in [1.82, 2.24) is 0 Å². The molecule has 0 aliphatic heterocycles. The minimum absolute atomic E-state index is 0.0780. The number of carbonyl (C=O) groups is 2. The standard InChI is InChI=1S/C14H17F3N2O3/c1-3-4-5-12(20)19-10-7-6-9(8-11(10)22-2)18-13(21)14(15,16)17/h6-8H,3-5H2,1-2H3,(H,18,21)(H,19,20). The van der Waals surface area contributed by atoms with E-state index >= 15 is 0 Å². The number of unbranched alkanes of at least 4 members (excludes halogenated alkanes) is 1. The molecule has 0 spiro atoms. The zero-order valence-electron chi connectivity index (χ0n) is 12.2. The van der Waals surface area contributed by atoms with Gasteiger partial charge in [0.1, 0.15) is 5.75 Å². The number of nitrogens with one attached hydrogen (secondary N) is 2. The van der Waals surface area contributed by atoms with E-state index in [0.29, 0.717) is 12.1 Å². The Morgan fingerprint density at radius 3 is 2.45 bits per heavy atom. The molecule has 122 valence electrons. The molecule has 1 rings (SSSR count). The first kappa shape index (κ1) is 17.8. The van der Waals surface area contributed by atoms with Gasteiger partial charge in [-0.1, -0.05) is 13.3 Å². The van der Waals surface area contributed by atoms with Crippen molar-refractivity contribution in [3.05, 3.63) is 18.2 Å². The van der Waals surface area contributed by atoms with Gasteiger partial charge in [-0.15, -0.1) is 0 Å². The normalized spacial score (nSPS) is 11.0. The number of anilines is 2. The second-order valence-electron chi connectivity index (χ2n) is 4.52. The summed E-state index contributed by atoms with van der Waals surface area (Å²) in [6.07, 6.45) is -3.03. The van der Waals surface area contributed by atoms with Gasteiger partial charge >= 0.3 is 12.1 Å². The second-order valence-corrected chi connectivity index (χ2v) is 4.52. The minimum Gasteiger partial charge on any atom is -0.494 e. The van der Waals surface area contributed by atoms with E-state index in [0.717, 1.165) is 12.8 Å². The van der Waals surface area contributed by atoms with Crippen LogP contribution >= 0.6 is 0 Å². The van der Waals surface area contributed by atoms with Crippen LogP contribution in [0.15, 0.2) is 18.2 Å². The molecular formula is C14H17F3N2O3. The average molecular weight is 318 g/mol. The van der Waals surface area contributed by atoms with Crippen molar-refractivity contribution < 1.29 is 27.5 Å². The Morgan fingerprint density at radius 1 is 1.23 bits per heavy atom. The van der Waals surface area contributed by atoms with E-state index in [-0.39, 0.29) is 17.3 Å².